The van der Waals surface area contributed by atoms with Gasteiger partial charge in [-0.1, -0.05) is 36.4 Å². The molecule has 1 unspecified atom stereocenters. The van der Waals surface area contributed by atoms with E-state index in [1.165, 1.54) is 17.2 Å². The molecule has 0 bridgehead atoms. The third-order valence-electron chi connectivity index (χ3n) is 3.99. The topological polar surface area (TPSA) is 29.1 Å². The van der Waals surface area contributed by atoms with Crippen LogP contribution in [0.3, 0.4) is 0 Å². The Hall–Kier alpha value is -2.16. The lowest BCUT2D eigenvalue weighted by molar-refractivity contribution is -0.121. The quantitative estimate of drug-likeness (QED) is 0.878. The highest BCUT2D eigenvalue weighted by Gasteiger charge is 2.11. The monoisotopic (exact) mass is 299 g/mol. The Morgan fingerprint density at radius 2 is 1.86 bits per heavy atom. The van der Waals surface area contributed by atoms with Crippen molar-refractivity contribution in [3.63, 3.8) is 0 Å². The Morgan fingerprint density at radius 3 is 2.55 bits per heavy atom. The minimum absolute atomic E-state index is 0.0487. The fourth-order valence-corrected chi connectivity index (χ4v) is 2.38. The van der Waals surface area contributed by atoms with Gasteiger partial charge < -0.3 is 5.32 Å². The smallest absolute Gasteiger partial charge is 0.220 e. The molecule has 22 heavy (non-hydrogen) atoms. The zero-order chi connectivity index (χ0) is 16.1. The number of aryl methyl sites for hydroxylation is 3. The molecule has 2 nitrogen and oxygen atoms in total. The standard InChI is InChI=1S/C19H22FNO/c1-13-8-9-17(12-14(13)2)15(3)21-19(22)11-10-16-6-4-5-7-18(16)20/h4-9,12,15H,10-11H2,1-3H3,(H,21,22). The van der Waals surface area contributed by atoms with Gasteiger partial charge in [-0.3, -0.25) is 4.79 Å². The minimum atomic E-state index is -0.252. The first-order valence-corrected chi connectivity index (χ1v) is 7.57. The normalized spacial score (nSPS) is 12.0. The summed E-state index contributed by atoms with van der Waals surface area (Å²) in [5.74, 6) is -0.313. The molecule has 0 saturated carbocycles. The average molecular weight is 299 g/mol. The molecule has 1 N–H and O–H groups in total. The van der Waals surface area contributed by atoms with E-state index in [0.717, 1.165) is 5.56 Å². The summed E-state index contributed by atoms with van der Waals surface area (Å²) in [5.41, 5.74) is 4.12. The fourth-order valence-electron chi connectivity index (χ4n) is 2.38. The van der Waals surface area contributed by atoms with Gasteiger partial charge in [0.05, 0.1) is 6.04 Å². The molecular formula is C19H22FNO. The number of carbonyl (C=O) groups is 1. The summed E-state index contributed by atoms with van der Waals surface area (Å²) in [5, 5.41) is 2.97. The predicted octanol–water partition coefficient (Wildman–Crippen LogP) is 4.25. The molecule has 0 heterocycles. The van der Waals surface area contributed by atoms with Gasteiger partial charge in [-0.15, -0.1) is 0 Å². The molecule has 0 spiro atoms. The second-order valence-electron chi connectivity index (χ2n) is 5.72. The highest BCUT2D eigenvalue weighted by Crippen LogP contribution is 2.17. The summed E-state index contributed by atoms with van der Waals surface area (Å²) in [6, 6.07) is 12.7. The Bertz CT molecular complexity index is 666. The molecule has 1 atom stereocenters. The largest absolute Gasteiger partial charge is 0.350 e. The van der Waals surface area contributed by atoms with E-state index in [4.69, 9.17) is 0 Å². The number of carbonyl (C=O) groups excluding carboxylic acids is 1. The number of hydrogen-bond acceptors (Lipinski definition) is 1. The third-order valence-corrected chi connectivity index (χ3v) is 3.99. The van der Waals surface area contributed by atoms with Crippen molar-refractivity contribution < 1.29 is 9.18 Å². The van der Waals surface area contributed by atoms with Crippen LogP contribution in [-0.2, 0) is 11.2 Å². The van der Waals surface area contributed by atoms with Crippen LogP contribution in [0.1, 0.15) is 41.6 Å². The summed E-state index contributed by atoms with van der Waals surface area (Å²) < 4.78 is 13.5. The Labute approximate surface area is 131 Å². The van der Waals surface area contributed by atoms with Crippen LogP contribution in [0.5, 0.6) is 0 Å². The van der Waals surface area contributed by atoms with Crippen molar-refractivity contribution in [2.45, 2.75) is 39.7 Å². The van der Waals surface area contributed by atoms with Crippen molar-refractivity contribution in [2.24, 2.45) is 0 Å². The van der Waals surface area contributed by atoms with Crippen molar-refractivity contribution in [1.82, 2.24) is 5.32 Å². The van der Waals surface area contributed by atoms with Gasteiger partial charge in [-0.2, -0.15) is 0 Å². The van der Waals surface area contributed by atoms with Gasteiger partial charge in [0.15, 0.2) is 0 Å². The molecule has 116 valence electrons. The number of hydrogen-bond donors (Lipinski definition) is 1. The summed E-state index contributed by atoms with van der Waals surface area (Å²) in [6.45, 7) is 6.09. The van der Waals surface area contributed by atoms with Gasteiger partial charge in [0.2, 0.25) is 5.91 Å². The van der Waals surface area contributed by atoms with E-state index in [2.05, 4.69) is 31.3 Å². The molecule has 2 aromatic carbocycles. The molecular weight excluding hydrogens is 277 g/mol. The molecule has 0 aromatic heterocycles. The summed E-state index contributed by atoms with van der Waals surface area (Å²) in [4.78, 5) is 12.0. The van der Waals surface area contributed by atoms with Gasteiger partial charge in [0.1, 0.15) is 5.82 Å². The highest BCUT2D eigenvalue weighted by molar-refractivity contribution is 5.76. The van der Waals surface area contributed by atoms with E-state index in [1.807, 2.05) is 13.0 Å². The highest BCUT2D eigenvalue weighted by atomic mass is 19.1. The first-order valence-electron chi connectivity index (χ1n) is 7.57. The predicted molar refractivity (Wildman–Crippen MR) is 87.2 cm³/mol. The van der Waals surface area contributed by atoms with Crippen molar-refractivity contribution >= 4 is 5.91 Å². The molecule has 1 amide bonds. The van der Waals surface area contributed by atoms with Gasteiger partial charge in [0, 0.05) is 6.42 Å². The number of benzene rings is 2. The Balaban J connectivity index is 1.91. The number of nitrogens with one attached hydrogen (secondary N) is 1. The van der Waals surface area contributed by atoms with Crippen LogP contribution >= 0.6 is 0 Å². The van der Waals surface area contributed by atoms with Crippen LogP contribution in [0, 0.1) is 19.7 Å². The van der Waals surface area contributed by atoms with Crippen molar-refractivity contribution in [2.75, 3.05) is 0 Å². The molecule has 0 fully saturated rings. The van der Waals surface area contributed by atoms with Crippen molar-refractivity contribution in [1.29, 1.82) is 0 Å². The van der Waals surface area contributed by atoms with Crippen LogP contribution < -0.4 is 5.32 Å². The molecule has 0 aliphatic carbocycles. The van der Waals surface area contributed by atoms with Crippen LogP contribution in [0.2, 0.25) is 0 Å². The number of rotatable bonds is 5. The second kappa shape index (κ2) is 7.21. The van der Waals surface area contributed by atoms with E-state index in [9.17, 15) is 9.18 Å². The zero-order valence-corrected chi connectivity index (χ0v) is 13.3. The van der Waals surface area contributed by atoms with E-state index < -0.39 is 0 Å². The fraction of sp³-hybridized carbons (Fsp3) is 0.316. The maximum absolute atomic E-state index is 13.5. The molecule has 0 aliphatic rings. The van der Waals surface area contributed by atoms with Crippen molar-refractivity contribution in [3.8, 4) is 0 Å². The molecule has 0 aliphatic heterocycles. The van der Waals surface area contributed by atoms with Gasteiger partial charge in [-0.25, -0.2) is 4.39 Å². The summed E-state index contributed by atoms with van der Waals surface area (Å²) in [7, 11) is 0. The van der Waals surface area contributed by atoms with E-state index in [1.54, 1.807) is 18.2 Å². The Kier molecular flexibility index (Phi) is 5.31. The lowest BCUT2D eigenvalue weighted by atomic mass is 10.0. The SMILES string of the molecule is Cc1ccc(C(C)NC(=O)CCc2ccccc2F)cc1C. The molecule has 0 radical (unpaired) electrons. The first kappa shape index (κ1) is 16.2. The summed E-state index contributed by atoms with van der Waals surface area (Å²) in [6.07, 6.45) is 0.703. The van der Waals surface area contributed by atoms with Crippen LogP contribution in [0.15, 0.2) is 42.5 Å². The van der Waals surface area contributed by atoms with Crippen LogP contribution in [0.4, 0.5) is 4.39 Å². The third kappa shape index (κ3) is 4.17. The Morgan fingerprint density at radius 1 is 1.14 bits per heavy atom. The first-order chi connectivity index (χ1) is 10.5. The molecule has 2 aromatic rings. The maximum atomic E-state index is 13.5. The maximum Gasteiger partial charge on any atom is 0.220 e. The number of halogens is 1. The number of amides is 1. The molecule has 2 rings (SSSR count). The second-order valence-corrected chi connectivity index (χ2v) is 5.72. The lowest BCUT2D eigenvalue weighted by Gasteiger charge is -2.16. The minimum Gasteiger partial charge on any atom is -0.350 e. The van der Waals surface area contributed by atoms with Crippen LogP contribution in [-0.4, -0.2) is 5.91 Å². The zero-order valence-electron chi connectivity index (χ0n) is 13.3. The van der Waals surface area contributed by atoms with Gasteiger partial charge in [0.25, 0.3) is 0 Å². The molecule has 3 heteroatoms. The van der Waals surface area contributed by atoms with Gasteiger partial charge in [-0.05, 0) is 55.5 Å². The van der Waals surface area contributed by atoms with Crippen molar-refractivity contribution in [3.05, 3.63) is 70.5 Å². The van der Waals surface area contributed by atoms with E-state index in [0.29, 0.717) is 12.0 Å². The van der Waals surface area contributed by atoms with Crippen LogP contribution in [0.25, 0.3) is 0 Å². The summed E-state index contributed by atoms with van der Waals surface area (Å²) >= 11 is 0. The van der Waals surface area contributed by atoms with E-state index in [-0.39, 0.29) is 24.2 Å². The van der Waals surface area contributed by atoms with E-state index >= 15 is 0 Å². The average Bonchev–Trinajstić information content (AvgIpc) is 2.49. The molecule has 0 saturated heterocycles. The van der Waals surface area contributed by atoms with Gasteiger partial charge >= 0.3 is 0 Å². The lowest BCUT2D eigenvalue weighted by Crippen LogP contribution is -2.27.